The summed E-state index contributed by atoms with van der Waals surface area (Å²) in [5.74, 6) is 1.51. The summed E-state index contributed by atoms with van der Waals surface area (Å²) in [5, 5.41) is 12.3. The summed E-state index contributed by atoms with van der Waals surface area (Å²) in [7, 11) is 3.92. The molecule has 0 aliphatic heterocycles. The number of benzene rings is 1. The number of aliphatic hydroxyl groups excluding tert-OH is 1. The lowest BCUT2D eigenvalue weighted by atomic mass is 10.1. The Bertz CT molecular complexity index is 584. The minimum Gasteiger partial charge on any atom is -0.392 e. The smallest absolute Gasteiger partial charge is 0.224 e. The van der Waals surface area contributed by atoms with E-state index in [0.717, 1.165) is 22.5 Å². The van der Waals surface area contributed by atoms with Crippen molar-refractivity contribution in [1.82, 2.24) is 9.97 Å². The van der Waals surface area contributed by atoms with E-state index in [1.165, 1.54) is 0 Å². The van der Waals surface area contributed by atoms with Gasteiger partial charge in [-0.3, -0.25) is 0 Å². The molecule has 1 heterocycles. The van der Waals surface area contributed by atoms with E-state index in [9.17, 15) is 0 Å². The van der Waals surface area contributed by atoms with Crippen molar-refractivity contribution in [3.63, 3.8) is 0 Å². The first-order valence-electron chi connectivity index (χ1n) is 6.53. The van der Waals surface area contributed by atoms with Crippen molar-refractivity contribution in [3.8, 4) is 0 Å². The van der Waals surface area contributed by atoms with Gasteiger partial charge < -0.3 is 15.3 Å². The lowest BCUT2D eigenvalue weighted by Gasteiger charge is -2.15. The maximum absolute atomic E-state index is 9.12. The number of hydrogen-bond acceptors (Lipinski definition) is 5. The van der Waals surface area contributed by atoms with Crippen LogP contribution >= 0.6 is 0 Å². The van der Waals surface area contributed by atoms with Crippen molar-refractivity contribution in [3.05, 3.63) is 47.2 Å². The number of anilines is 2. The molecule has 0 atom stereocenters. The fourth-order valence-corrected chi connectivity index (χ4v) is 1.99. The topological polar surface area (TPSA) is 61.3 Å². The molecule has 0 aliphatic carbocycles. The first kappa shape index (κ1) is 14.3. The molecule has 20 heavy (non-hydrogen) atoms. The highest BCUT2D eigenvalue weighted by molar-refractivity contribution is 5.47. The summed E-state index contributed by atoms with van der Waals surface area (Å²) < 4.78 is 0. The fraction of sp³-hybridized carbons (Fsp3) is 0.333. The highest BCUT2D eigenvalue weighted by Gasteiger charge is 2.05. The van der Waals surface area contributed by atoms with E-state index in [4.69, 9.17) is 5.11 Å². The maximum atomic E-state index is 9.12. The number of aliphatic hydroxyl groups is 1. The Hall–Kier alpha value is -2.14. The van der Waals surface area contributed by atoms with Gasteiger partial charge in [0.2, 0.25) is 5.95 Å². The predicted octanol–water partition coefficient (Wildman–Crippen LogP) is 1.96. The Kier molecular flexibility index (Phi) is 4.53. The van der Waals surface area contributed by atoms with Crippen molar-refractivity contribution in [2.45, 2.75) is 20.1 Å². The minimum atomic E-state index is 0.0552. The van der Waals surface area contributed by atoms with Gasteiger partial charge in [0, 0.05) is 32.4 Å². The zero-order valence-electron chi connectivity index (χ0n) is 12.1. The van der Waals surface area contributed by atoms with Crippen molar-refractivity contribution >= 4 is 11.8 Å². The molecule has 5 nitrogen and oxygen atoms in total. The summed E-state index contributed by atoms with van der Waals surface area (Å²) in [6.07, 6.45) is 1.81. The molecule has 1 aromatic heterocycles. The van der Waals surface area contributed by atoms with Crippen LogP contribution in [0.3, 0.4) is 0 Å². The van der Waals surface area contributed by atoms with Gasteiger partial charge in [0.05, 0.1) is 6.61 Å². The maximum Gasteiger partial charge on any atom is 0.224 e. The largest absolute Gasteiger partial charge is 0.392 e. The van der Waals surface area contributed by atoms with E-state index in [1.54, 1.807) is 0 Å². The van der Waals surface area contributed by atoms with Gasteiger partial charge in [0.15, 0.2) is 0 Å². The lowest BCUT2D eigenvalue weighted by molar-refractivity contribution is 0.281. The van der Waals surface area contributed by atoms with Gasteiger partial charge in [-0.05, 0) is 18.1 Å². The van der Waals surface area contributed by atoms with E-state index >= 15 is 0 Å². The van der Waals surface area contributed by atoms with Crippen LogP contribution in [-0.4, -0.2) is 29.2 Å². The van der Waals surface area contributed by atoms with Crippen LogP contribution in [-0.2, 0) is 13.2 Å². The Balaban J connectivity index is 2.08. The second kappa shape index (κ2) is 6.34. The molecular formula is C15H20N4O. The zero-order chi connectivity index (χ0) is 14.5. The predicted molar refractivity (Wildman–Crippen MR) is 80.8 cm³/mol. The van der Waals surface area contributed by atoms with Crippen molar-refractivity contribution in [2.75, 3.05) is 24.3 Å². The highest BCUT2D eigenvalue weighted by Crippen LogP contribution is 2.15. The van der Waals surface area contributed by atoms with E-state index in [-0.39, 0.29) is 6.61 Å². The third-order valence-corrected chi connectivity index (χ3v) is 2.99. The van der Waals surface area contributed by atoms with Gasteiger partial charge in [-0.25, -0.2) is 4.98 Å². The first-order valence-corrected chi connectivity index (χ1v) is 6.53. The van der Waals surface area contributed by atoms with E-state index < -0.39 is 0 Å². The molecule has 0 saturated carbocycles. The second-order valence-electron chi connectivity index (χ2n) is 4.93. The molecule has 0 radical (unpaired) electrons. The molecular weight excluding hydrogens is 252 g/mol. The Morgan fingerprint density at radius 2 is 2.00 bits per heavy atom. The number of nitrogens with zero attached hydrogens (tertiary/aromatic N) is 3. The van der Waals surface area contributed by atoms with Crippen LogP contribution < -0.4 is 10.2 Å². The normalized spacial score (nSPS) is 10.4. The molecule has 0 saturated heterocycles. The highest BCUT2D eigenvalue weighted by atomic mass is 16.3. The molecule has 0 aliphatic rings. The number of aryl methyl sites for hydroxylation is 1. The molecule has 0 fully saturated rings. The zero-order valence-corrected chi connectivity index (χ0v) is 12.1. The monoisotopic (exact) mass is 272 g/mol. The number of nitrogens with one attached hydrogen (secondary N) is 1. The Labute approximate surface area is 119 Å². The number of aromatic nitrogens is 2. The number of rotatable bonds is 5. The van der Waals surface area contributed by atoms with Crippen molar-refractivity contribution < 1.29 is 5.11 Å². The van der Waals surface area contributed by atoms with Gasteiger partial charge in [-0.1, -0.05) is 24.3 Å². The van der Waals surface area contributed by atoms with Crippen LogP contribution in [0.4, 0.5) is 11.8 Å². The molecule has 2 aromatic rings. The van der Waals surface area contributed by atoms with Crippen LogP contribution in [0.5, 0.6) is 0 Å². The summed E-state index contributed by atoms with van der Waals surface area (Å²) in [5.41, 5.74) is 3.04. The molecule has 2 N–H and O–H groups in total. The van der Waals surface area contributed by atoms with Crippen molar-refractivity contribution in [2.24, 2.45) is 0 Å². The summed E-state index contributed by atoms with van der Waals surface area (Å²) in [4.78, 5) is 10.7. The Morgan fingerprint density at radius 3 is 2.70 bits per heavy atom. The quantitative estimate of drug-likeness (QED) is 0.871. The Morgan fingerprint density at radius 1 is 1.25 bits per heavy atom. The van der Waals surface area contributed by atoms with Crippen LogP contribution in [0.15, 0.2) is 30.5 Å². The molecule has 0 spiro atoms. The summed E-state index contributed by atoms with van der Waals surface area (Å²) >= 11 is 0. The molecule has 1 aromatic carbocycles. The molecule has 0 unspecified atom stereocenters. The van der Waals surface area contributed by atoms with Gasteiger partial charge in [0.25, 0.3) is 0 Å². The standard InChI is InChI=1S/C15H20N4O/c1-11-8-16-15(18-14(11)19(2)3)17-9-12-5-4-6-13(7-12)10-20/h4-8,20H,9-10H2,1-3H3,(H,16,17,18). The van der Waals surface area contributed by atoms with Gasteiger partial charge >= 0.3 is 0 Å². The fourth-order valence-electron chi connectivity index (χ4n) is 1.99. The summed E-state index contributed by atoms with van der Waals surface area (Å²) in [6.45, 7) is 2.67. The molecule has 0 amide bonds. The molecule has 0 bridgehead atoms. The van der Waals surface area contributed by atoms with Crippen LogP contribution in [0.1, 0.15) is 16.7 Å². The van der Waals surface area contributed by atoms with E-state index in [0.29, 0.717) is 12.5 Å². The SMILES string of the molecule is Cc1cnc(NCc2cccc(CO)c2)nc1N(C)C. The van der Waals surface area contributed by atoms with E-state index in [1.807, 2.05) is 56.4 Å². The average Bonchev–Trinajstić information content (AvgIpc) is 2.46. The van der Waals surface area contributed by atoms with Crippen LogP contribution in [0.25, 0.3) is 0 Å². The number of hydrogen-bond donors (Lipinski definition) is 2. The molecule has 2 rings (SSSR count). The average molecular weight is 272 g/mol. The van der Waals surface area contributed by atoms with Gasteiger partial charge in [-0.15, -0.1) is 0 Å². The molecule has 5 heteroatoms. The van der Waals surface area contributed by atoms with E-state index in [2.05, 4.69) is 15.3 Å². The van der Waals surface area contributed by atoms with Crippen LogP contribution in [0.2, 0.25) is 0 Å². The first-order chi connectivity index (χ1) is 9.60. The van der Waals surface area contributed by atoms with Crippen molar-refractivity contribution in [1.29, 1.82) is 0 Å². The molecule has 106 valence electrons. The lowest BCUT2D eigenvalue weighted by Crippen LogP contribution is -2.14. The summed E-state index contributed by atoms with van der Waals surface area (Å²) in [6, 6.07) is 7.81. The van der Waals surface area contributed by atoms with Gasteiger partial charge in [0.1, 0.15) is 5.82 Å². The van der Waals surface area contributed by atoms with Crippen LogP contribution in [0, 0.1) is 6.92 Å². The second-order valence-corrected chi connectivity index (χ2v) is 4.93. The third-order valence-electron chi connectivity index (χ3n) is 2.99. The van der Waals surface area contributed by atoms with Gasteiger partial charge in [-0.2, -0.15) is 4.98 Å². The third kappa shape index (κ3) is 3.45. The minimum absolute atomic E-state index is 0.0552.